The zero-order chi connectivity index (χ0) is 16.1. The van der Waals surface area contributed by atoms with E-state index in [4.69, 9.17) is 9.15 Å². The number of nitro groups is 1. The Hall–Kier alpha value is -3.10. The van der Waals surface area contributed by atoms with E-state index in [0.29, 0.717) is 5.76 Å². The van der Waals surface area contributed by atoms with Gasteiger partial charge in [0.2, 0.25) is 5.76 Å². The second kappa shape index (κ2) is 6.57. The maximum atomic E-state index is 11.6. The highest BCUT2D eigenvalue weighted by molar-refractivity contribution is 5.89. The third-order valence-electron chi connectivity index (χ3n) is 2.65. The average molecular weight is 308 g/mol. The molecule has 9 heteroatoms. The molecule has 2 rings (SSSR count). The van der Waals surface area contributed by atoms with E-state index in [9.17, 15) is 19.7 Å². The van der Waals surface area contributed by atoms with Crippen molar-refractivity contribution in [2.24, 2.45) is 0 Å². The van der Waals surface area contributed by atoms with Crippen LogP contribution in [0.15, 0.2) is 39.4 Å². The highest BCUT2D eigenvalue weighted by Crippen LogP contribution is 2.16. The number of esters is 1. The van der Waals surface area contributed by atoms with Gasteiger partial charge in [-0.3, -0.25) is 14.9 Å². The van der Waals surface area contributed by atoms with E-state index in [1.807, 2.05) is 0 Å². The lowest BCUT2D eigenvalue weighted by Gasteiger charge is -2.11. The third kappa shape index (κ3) is 3.72. The molecule has 1 amide bonds. The Labute approximate surface area is 124 Å². The largest absolute Gasteiger partial charge is 0.467 e. The van der Waals surface area contributed by atoms with Crippen LogP contribution in [0.1, 0.15) is 29.3 Å². The molecule has 9 nitrogen and oxygen atoms in total. The number of rotatable bonds is 6. The number of hydrogen-bond acceptors (Lipinski definition) is 7. The lowest BCUT2D eigenvalue weighted by molar-refractivity contribution is -0.402. The topological polar surface area (TPSA) is 125 Å². The van der Waals surface area contributed by atoms with E-state index in [1.54, 1.807) is 19.1 Å². The van der Waals surface area contributed by atoms with Crippen LogP contribution in [0.25, 0.3) is 0 Å². The molecule has 0 spiro atoms. The summed E-state index contributed by atoms with van der Waals surface area (Å²) in [6.45, 7) is 1.16. The van der Waals surface area contributed by atoms with E-state index >= 15 is 0 Å². The molecule has 116 valence electrons. The standard InChI is InChI=1S/C13H12N2O7/c1-8(9-3-2-6-20-9)14-11(16)7-21-13(17)10-4-5-12(22-10)15(18)19/h2-6,8H,7H2,1H3,(H,14,16)/t8-/m0/s1. The van der Waals surface area contributed by atoms with Gasteiger partial charge in [-0.2, -0.15) is 0 Å². The van der Waals surface area contributed by atoms with Gasteiger partial charge >= 0.3 is 11.9 Å². The summed E-state index contributed by atoms with van der Waals surface area (Å²) in [5.41, 5.74) is 0. The van der Waals surface area contributed by atoms with E-state index in [1.165, 1.54) is 6.26 Å². The molecule has 0 fully saturated rings. The summed E-state index contributed by atoms with van der Waals surface area (Å²) in [4.78, 5) is 32.8. The molecule has 0 unspecified atom stereocenters. The average Bonchev–Trinajstić information content (AvgIpc) is 3.15. The fourth-order valence-electron chi connectivity index (χ4n) is 1.63. The van der Waals surface area contributed by atoms with Gasteiger partial charge in [-0.25, -0.2) is 4.79 Å². The predicted octanol–water partition coefficient (Wildman–Crippen LogP) is 1.81. The number of furan rings is 2. The van der Waals surface area contributed by atoms with Crippen LogP contribution < -0.4 is 5.32 Å². The van der Waals surface area contributed by atoms with Gasteiger partial charge in [0.25, 0.3) is 5.91 Å². The molecule has 0 aromatic carbocycles. The summed E-state index contributed by atoms with van der Waals surface area (Å²) < 4.78 is 14.5. The van der Waals surface area contributed by atoms with Gasteiger partial charge < -0.3 is 18.9 Å². The van der Waals surface area contributed by atoms with Crippen molar-refractivity contribution in [1.82, 2.24) is 5.32 Å². The lowest BCUT2D eigenvalue weighted by atomic mass is 10.2. The first-order valence-corrected chi connectivity index (χ1v) is 6.21. The van der Waals surface area contributed by atoms with Crippen molar-refractivity contribution >= 4 is 17.8 Å². The first-order valence-electron chi connectivity index (χ1n) is 6.21. The van der Waals surface area contributed by atoms with Gasteiger partial charge in [0, 0.05) is 0 Å². The summed E-state index contributed by atoms with van der Waals surface area (Å²) in [5.74, 6) is -1.88. The summed E-state index contributed by atoms with van der Waals surface area (Å²) in [6.07, 6.45) is 1.47. The number of nitrogens with zero attached hydrogens (tertiary/aromatic N) is 1. The molecule has 0 radical (unpaired) electrons. The molecule has 0 aliphatic heterocycles. The first-order chi connectivity index (χ1) is 10.5. The van der Waals surface area contributed by atoms with Crippen LogP contribution in [-0.4, -0.2) is 23.4 Å². The van der Waals surface area contributed by atoms with Crippen molar-refractivity contribution < 1.29 is 28.1 Å². The molecule has 22 heavy (non-hydrogen) atoms. The van der Waals surface area contributed by atoms with Crippen LogP contribution in [0.5, 0.6) is 0 Å². The minimum Gasteiger partial charge on any atom is -0.467 e. The number of nitrogens with one attached hydrogen (secondary N) is 1. The fraction of sp³-hybridized carbons (Fsp3) is 0.231. The van der Waals surface area contributed by atoms with E-state index < -0.39 is 29.3 Å². The van der Waals surface area contributed by atoms with Gasteiger partial charge in [0.05, 0.1) is 18.4 Å². The summed E-state index contributed by atoms with van der Waals surface area (Å²) in [6, 6.07) is 5.12. The van der Waals surface area contributed by atoms with E-state index in [2.05, 4.69) is 9.73 Å². The Bertz CT molecular complexity index is 674. The van der Waals surface area contributed by atoms with Crippen molar-refractivity contribution in [1.29, 1.82) is 0 Å². The number of amides is 1. The molecule has 0 bridgehead atoms. The molecule has 0 aliphatic rings. The lowest BCUT2D eigenvalue weighted by Crippen LogP contribution is -2.30. The molecule has 0 saturated carbocycles. The normalized spacial score (nSPS) is 11.7. The van der Waals surface area contributed by atoms with Crippen LogP contribution in [-0.2, 0) is 9.53 Å². The molecule has 1 N–H and O–H groups in total. The number of carbonyl (C=O) groups is 2. The van der Waals surface area contributed by atoms with E-state index in [-0.39, 0.29) is 11.8 Å². The summed E-state index contributed by atoms with van der Waals surface area (Å²) >= 11 is 0. The van der Waals surface area contributed by atoms with Crippen molar-refractivity contribution in [3.63, 3.8) is 0 Å². The minimum absolute atomic E-state index is 0.349. The van der Waals surface area contributed by atoms with Crippen LogP contribution in [0.3, 0.4) is 0 Å². The van der Waals surface area contributed by atoms with Gasteiger partial charge in [-0.05, 0) is 25.1 Å². The highest BCUT2D eigenvalue weighted by Gasteiger charge is 2.20. The molecule has 0 saturated heterocycles. The Kier molecular flexibility index (Phi) is 4.57. The van der Waals surface area contributed by atoms with Gasteiger partial charge in [0.15, 0.2) is 6.61 Å². The minimum atomic E-state index is -0.964. The molecule has 1 atom stereocenters. The molecule has 0 aliphatic carbocycles. The van der Waals surface area contributed by atoms with Gasteiger partial charge in [-0.15, -0.1) is 0 Å². The summed E-state index contributed by atoms with van der Waals surface area (Å²) in [7, 11) is 0. The molecular formula is C13H12N2O7. The summed E-state index contributed by atoms with van der Waals surface area (Å²) in [5, 5.41) is 13.0. The Morgan fingerprint density at radius 3 is 2.77 bits per heavy atom. The van der Waals surface area contributed by atoms with Crippen LogP contribution in [0.4, 0.5) is 5.88 Å². The van der Waals surface area contributed by atoms with Crippen molar-refractivity contribution in [2.75, 3.05) is 6.61 Å². The van der Waals surface area contributed by atoms with Gasteiger partial charge in [0.1, 0.15) is 10.7 Å². The maximum absolute atomic E-state index is 11.6. The third-order valence-corrected chi connectivity index (χ3v) is 2.65. The maximum Gasteiger partial charge on any atom is 0.433 e. The Morgan fingerprint density at radius 1 is 1.41 bits per heavy atom. The highest BCUT2D eigenvalue weighted by atomic mass is 16.7. The quantitative estimate of drug-likeness (QED) is 0.490. The number of carbonyl (C=O) groups excluding carboxylic acids is 2. The second-order valence-electron chi connectivity index (χ2n) is 4.28. The smallest absolute Gasteiger partial charge is 0.433 e. The number of ether oxygens (including phenoxy) is 1. The zero-order valence-electron chi connectivity index (χ0n) is 11.5. The molecule has 2 heterocycles. The molecule has 2 aromatic rings. The monoisotopic (exact) mass is 308 g/mol. The Balaban J connectivity index is 1.82. The molecular weight excluding hydrogens is 296 g/mol. The predicted molar refractivity (Wildman–Crippen MR) is 70.9 cm³/mol. The Morgan fingerprint density at radius 2 is 2.18 bits per heavy atom. The van der Waals surface area contributed by atoms with Crippen LogP contribution in [0.2, 0.25) is 0 Å². The molecule has 2 aromatic heterocycles. The van der Waals surface area contributed by atoms with Crippen molar-refractivity contribution in [3.8, 4) is 0 Å². The van der Waals surface area contributed by atoms with Crippen molar-refractivity contribution in [2.45, 2.75) is 13.0 Å². The van der Waals surface area contributed by atoms with Crippen molar-refractivity contribution in [3.05, 3.63) is 52.2 Å². The zero-order valence-corrected chi connectivity index (χ0v) is 11.5. The van der Waals surface area contributed by atoms with Crippen LogP contribution >= 0.6 is 0 Å². The fourth-order valence-corrected chi connectivity index (χ4v) is 1.63. The second-order valence-corrected chi connectivity index (χ2v) is 4.28. The van der Waals surface area contributed by atoms with E-state index in [0.717, 1.165) is 12.1 Å². The first kappa shape index (κ1) is 15.3. The SMILES string of the molecule is C[C@H](NC(=O)COC(=O)c1ccc([N+](=O)[O-])o1)c1ccco1. The van der Waals surface area contributed by atoms with Gasteiger partial charge in [-0.1, -0.05) is 0 Å². The number of hydrogen-bond donors (Lipinski definition) is 1. The van der Waals surface area contributed by atoms with Crippen LogP contribution in [0, 0.1) is 10.1 Å².